The zero-order valence-corrected chi connectivity index (χ0v) is 22.0. The molecule has 0 aliphatic carbocycles. The lowest BCUT2D eigenvalue weighted by Crippen LogP contribution is -2.38. The van der Waals surface area contributed by atoms with E-state index >= 15 is 0 Å². The fourth-order valence-electron chi connectivity index (χ4n) is 5.11. The SMILES string of the molecule is CC(C)(C)OC(=O)N1CCC(CN2CCCc3cc(Cl)cc(-c4ncnc5cc(CO)sc45)c32)C1. The number of anilines is 1. The fourth-order valence-corrected chi connectivity index (χ4v) is 6.33. The Bertz CT molecular complexity index is 1260. The highest BCUT2D eigenvalue weighted by atomic mass is 35.5. The Morgan fingerprint density at radius 3 is 2.86 bits per heavy atom. The second-order valence-electron chi connectivity index (χ2n) is 10.4. The van der Waals surface area contributed by atoms with E-state index in [4.69, 9.17) is 16.3 Å². The summed E-state index contributed by atoms with van der Waals surface area (Å²) in [5, 5.41) is 10.4. The van der Waals surface area contributed by atoms with Gasteiger partial charge in [0.1, 0.15) is 11.9 Å². The summed E-state index contributed by atoms with van der Waals surface area (Å²) in [5.74, 6) is 0.366. The average Bonchev–Trinajstić information content (AvgIpc) is 3.44. The molecule has 1 unspecified atom stereocenters. The van der Waals surface area contributed by atoms with Crippen molar-refractivity contribution in [3.05, 3.63) is 40.0 Å². The quantitative estimate of drug-likeness (QED) is 0.494. The summed E-state index contributed by atoms with van der Waals surface area (Å²) >= 11 is 8.11. The lowest BCUT2D eigenvalue weighted by molar-refractivity contribution is 0.0288. The van der Waals surface area contributed by atoms with Gasteiger partial charge in [0, 0.05) is 47.3 Å². The van der Waals surface area contributed by atoms with Crippen LogP contribution in [0, 0.1) is 5.92 Å². The van der Waals surface area contributed by atoms with E-state index in [1.807, 2.05) is 37.8 Å². The number of hydrogen-bond acceptors (Lipinski definition) is 7. The molecule has 35 heavy (non-hydrogen) atoms. The third-order valence-electron chi connectivity index (χ3n) is 6.53. The summed E-state index contributed by atoms with van der Waals surface area (Å²) in [5.41, 5.74) is 4.61. The van der Waals surface area contributed by atoms with E-state index in [-0.39, 0.29) is 12.7 Å². The molecule has 1 fully saturated rings. The first kappa shape index (κ1) is 24.3. The van der Waals surface area contributed by atoms with Gasteiger partial charge in [0.05, 0.1) is 22.5 Å². The van der Waals surface area contributed by atoms with E-state index in [9.17, 15) is 9.90 Å². The van der Waals surface area contributed by atoms with Crippen molar-refractivity contribution in [1.82, 2.24) is 14.9 Å². The van der Waals surface area contributed by atoms with Crippen LogP contribution in [0.5, 0.6) is 0 Å². The average molecular weight is 515 g/mol. The van der Waals surface area contributed by atoms with Gasteiger partial charge in [-0.2, -0.15) is 0 Å². The van der Waals surface area contributed by atoms with Gasteiger partial charge in [0.2, 0.25) is 0 Å². The van der Waals surface area contributed by atoms with Crippen LogP contribution in [0.2, 0.25) is 5.02 Å². The van der Waals surface area contributed by atoms with Crippen molar-refractivity contribution in [1.29, 1.82) is 0 Å². The number of carbonyl (C=O) groups excluding carboxylic acids is 1. The number of rotatable bonds is 4. The molecule has 2 aromatic heterocycles. The van der Waals surface area contributed by atoms with Crippen LogP contribution in [-0.2, 0) is 17.8 Å². The molecular formula is C26H31ClN4O3S. The molecule has 7 nitrogen and oxygen atoms in total. The number of carbonyl (C=O) groups is 1. The summed E-state index contributed by atoms with van der Waals surface area (Å²) in [6, 6.07) is 5.99. The highest BCUT2D eigenvalue weighted by molar-refractivity contribution is 7.19. The molecule has 9 heteroatoms. The Hall–Kier alpha value is -2.42. The van der Waals surface area contributed by atoms with Crippen LogP contribution >= 0.6 is 22.9 Å². The van der Waals surface area contributed by atoms with Gasteiger partial charge in [-0.15, -0.1) is 11.3 Å². The third-order valence-corrected chi connectivity index (χ3v) is 7.87. The number of benzene rings is 1. The Kier molecular flexibility index (Phi) is 6.63. The zero-order valence-electron chi connectivity index (χ0n) is 20.4. The third kappa shape index (κ3) is 5.10. The highest BCUT2D eigenvalue weighted by Crippen LogP contribution is 2.43. The van der Waals surface area contributed by atoms with Gasteiger partial charge >= 0.3 is 6.09 Å². The number of fused-ring (bicyclic) bond motifs is 2. The van der Waals surface area contributed by atoms with Gasteiger partial charge in [-0.25, -0.2) is 14.8 Å². The first-order chi connectivity index (χ1) is 16.7. The zero-order chi connectivity index (χ0) is 24.7. The van der Waals surface area contributed by atoms with Gasteiger partial charge in [-0.1, -0.05) is 11.6 Å². The summed E-state index contributed by atoms with van der Waals surface area (Å²) in [7, 11) is 0. The van der Waals surface area contributed by atoms with Gasteiger partial charge in [-0.05, 0) is 69.7 Å². The molecule has 2 aliphatic heterocycles. The van der Waals surface area contributed by atoms with Crippen molar-refractivity contribution >= 4 is 44.9 Å². The number of aliphatic hydroxyl groups is 1. The maximum atomic E-state index is 12.6. The minimum absolute atomic E-state index is 0.0178. The van der Waals surface area contributed by atoms with Gasteiger partial charge in [0.25, 0.3) is 0 Å². The Morgan fingerprint density at radius 2 is 2.09 bits per heavy atom. The molecule has 4 heterocycles. The van der Waals surface area contributed by atoms with E-state index in [1.54, 1.807) is 6.33 Å². The van der Waals surface area contributed by atoms with Gasteiger partial charge in [0.15, 0.2) is 0 Å². The van der Waals surface area contributed by atoms with E-state index in [0.29, 0.717) is 17.5 Å². The molecule has 1 atom stereocenters. The Morgan fingerprint density at radius 1 is 1.26 bits per heavy atom. The van der Waals surface area contributed by atoms with E-state index < -0.39 is 5.60 Å². The number of aliphatic hydroxyl groups excluding tert-OH is 1. The number of hydrogen-bond donors (Lipinski definition) is 1. The molecule has 1 amide bonds. The second kappa shape index (κ2) is 9.56. The summed E-state index contributed by atoms with van der Waals surface area (Å²) in [6.07, 6.45) is 4.34. The van der Waals surface area contributed by atoms with Crippen molar-refractivity contribution in [2.24, 2.45) is 5.92 Å². The largest absolute Gasteiger partial charge is 0.444 e. The molecule has 0 saturated carbocycles. The number of aryl methyl sites for hydroxylation is 1. The second-order valence-corrected chi connectivity index (χ2v) is 12.0. The molecule has 2 aliphatic rings. The number of nitrogens with zero attached hydrogens (tertiary/aromatic N) is 4. The molecule has 1 saturated heterocycles. The van der Waals surface area contributed by atoms with Crippen LogP contribution in [-0.4, -0.2) is 57.8 Å². The molecule has 0 bridgehead atoms. The number of aromatic nitrogens is 2. The number of halogens is 1. The lowest BCUT2D eigenvalue weighted by Gasteiger charge is -2.35. The molecule has 0 radical (unpaired) electrons. The van der Waals surface area contributed by atoms with E-state index in [1.165, 1.54) is 22.6 Å². The molecular weight excluding hydrogens is 484 g/mol. The minimum Gasteiger partial charge on any atom is -0.444 e. The van der Waals surface area contributed by atoms with Gasteiger partial charge < -0.3 is 19.6 Å². The maximum absolute atomic E-state index is 12.6. The van der Waals surface area contributed by atoms with Crippen LogP contribution < -0.4 is 4.90 Å². The van der Waals surface area contributed by atoms with Crippen molar-refractivity contribution < 1.29 is 14.6 Å². The molecule has 186 valence electrons. The van der Waals surface area contributed by atoms with Crippen molar-refractivity contribution in [3.8, 4) is 11.3 Å². The van der Waals surface area contributed by atoms with Crippen LogP contribution in [0.25, 0.3) is 21.5 Å². The standard InChI is InChI=1S/C26H31ClN4O3S/c1-26(2,3)34-25(33)31-8-6-16(13-31)12-30-7-4-5-17-9-18(27)10-20(23(17)30)22-24-21(28-15-29-22)11-19(14-32)35-24/h9-11,15-16,32H,4-8,12-14H2,1-3H3. The Labute approximate surface area is 214 Å². The predicted octanol–water partition coefficient (Wildman–Crippen LogP) is 5.51. The summed E-state index contributed by atoms with van der Waals surface area (Å²) in [6.45, 7) is 8.92. The highest BCUT2D eigenvalue weighted by Gasteiger charge is 2.32. The lowest BCUT2D eigenvalue weighted by atomic mass is 9.94. The monoisotopic (exact) mass is 514 g/mol. The predicted molar refractivity (Wildman–Crippen MR) is 140 cm³/mol. The topological polar surface area (TPSA) is 78.8 Å². The Balaban J connectivity index is 1.45. The van der Waals surface area contributed by atoms with Crippen LogP contribution in [0.1, 0.15) is 44.1 Å². The van der Waals surface area contributed by atoms with Crippen LogP contribution in [0.15, 0.2) is 24.5 Å². The van der Waals surface area contributed by atoms with E-state index in [0.717, 1.165) is 65.2 Å². The molecule has 0 spiro atoms. The fraction of sp³-hybridized carbons (Fsp3) is 0.500. The number of thiophene rings is 1. The van der Waals surface area contributed by atoms with Gasteiger partial charge in [-0.3, -0.25) is 0 Å². The molecule has 5 rings (SSSR count). The van der Waals surface area contributed by atoms with Crippen LogP contribution in [0.3, 0.4) is 0 Å². The van der Waals surface area contributed by atoms with Crippen molar-refractivity contribution in [2.45, 2.75) is 52.2 Å². The summed E-state index contributed by atoms with van der Waals surface area (Å²) in [4.78, 5) is 26.8. The molecule has 3 aromatic rings. The van der Waals surface area contributed by atoms with E-state index in [2.05, 4.69) is 20.9 Å². The first-order valence-corrected chi connectivity index (χ1v) is 13.3. The minimum atomic E-state index is -0.490. The van der Waals surface area contributed by atoms with Crippen molar-refractivity contribution in [2.75, 3.05) is 31.1 Å². The smallest absolute Gasteiger partial charge is 0.410 e. The normalized spacial score (nSPS) is 18.3. The number of ether oxygens (including phenoxy) is 1. The molecule has 1 aromatic carbocycles. The number of likely N-dealkylation sites (tertiary alicyclic amines) is 1. The maximum Gasteiger partial charge on any atom is 0.410 e. The summed E-state index contributed by atoms with van der Waals surface area (Å²) < 4.78 is 6.55. The first-order valence-electron chi connectivity index (χ1n) is 12.1. The van der Waals surface area contributed by atoms with Crippen molar-refractivity contribution in [3.63, 3.8) is 0 Å². The van der Waals surface area contributed by atoms with Crippen LogP contribution in [0.4, 0.5) is 10.5 Å². The molecule has 1 N–H and O–H groups in total. The number of amides is 1.